The molecule has 0 radical (unpaired) electrons. The first-order valence-electron chi connectivity index (χ1n) is 10.4. The van der Waals surface area contributed by atoms with Gasteiger partial charge in [0.25, 0.3) is 0 Å². The molecular weight excluding hydrogens is 431 g/mol. The molecule has 1 fully saturated rings. The van der Waals surface area contributed by atoms with Crippen molar-refractivity contribution >= 4 is 35.0 Å². The molecule has 4 rings (SSSR count). The molecule has 0 aliphatic carbocycles. The number of carbonyl (C=O) groups is 1. The van der Waals surface area contributed by atoms with Gasteiger partial charge in [0, 0.05) is 49.0 Å². The van der Waals surface area contributed by atoms with Crippen LogP contribution in [0.3, 0.4) is 0 Å². The second-order valence-corrected chi connectivity index (χ2v) is 8.15. The van der Waals surface area contributed by atoms with E-state index in [2.05, 4.69) is 25.2 Å². The van der Waals surface area contributed by atoms with Gasteiger partial charge in [0.15, 0.2) is 0 Å². The third-order valence-corrected chi connectivity index (χ3v) is 5.70. The number of halogens is 2. The molecule has 0 atom stereocenters. The molecule has 3 aromatic rings. The highest BCUT2D eigenvalue weighted by molar-refractivity contribution is 6.31. The number of piperazine rings is 1. The number of carbonyl (C=O) groups excluding carboxylic acids is 1. The largest absolute Gasteiger partial charge is 0.353 e. The number of benzene rings is 1. The van der Waals surface area contributed by atoms with Crippen molar-refractivity contribution < 1.29 is 9.18 Å². The van der Waals surface area contributed by atoms with Gasteiger partial charge in [-0.3, -0.25) is 4.79 Å². The Morgan fingerprint density at radius 2 is 1.88 bits per heavy atom. The lowest BCUT2D eigenvalue weighted by molar-refractivity contribution is -0.130. The minimum absolute atomic E-state index is 0.0460. The minimum Gasteiger partial charge on any atom is -0.353 e. The maximum atomic E-state index is 14.0. The standard InChI is InChI=1S/C23H24ClFN6O/c1-15-6-7-26-20(12-15)29-21-14-22(28-16(2)27-21)30-8-10-31(11-9-30)23(32)13-17-18(24)4-3-5-19(17)25/h3-7,12,14H,8-11,13H2,1-2H3,(H,26,27,28,29). The van der Waals surface area contributed by atoms with E-state index in [0.29, 0.717) is 37.8 Å². The van der Waals surface area contributed by atoms with Crippen LogP contribution < -0.4 is 10.2 Å². The molecule has 7 nitrogen and oxygen atoms in total. The number of nitrogens with one attached hydrogen (secondary N) is 1. The van der Waals surface area contributed by atoms with E-state index in [1.165, 1.54) is 12.1 Å². The van der Waals surface area contributed by atoms with Crippen molar-refractivity contribution in [3.63, 3.8) is 0 Å². The molecule has 0 unspecified atom stereocenters. The molecule has 1 aliphatic rings. The average Bonchev–Trinajstić information content (AvgIpc) is 2.76. The molecule has 0 spiro atoms. The van der Waals surface area contributed by atoms with Crippen LogP contribution in [0.1, 0.15) is 17.0 Å². The van der Waals surface area contributed by atoms with E-state index in [-0.39, 0.29) is 22.9 Å². The zero-order valence-corrected chi connectivity index (χ0v) is 18.7. The van der Waals surface area contributed by atoms with E-state index in [9.17, 15) is 9.18 Å². The van der Waals surface area contributed by atoms with Crippen LogP contribution in [0.4, 0.5) is 21.8 Å². The smallest absolute Gasteiger partial charge is 0.227 e. The fourth-order valence-corrected chi connectivity index (χ4v) is 3.89. The number of aromatic nitrogens is 3. The molecular formula is C23H24ClFN6O. The summed E-state index contributed by atoms with van der Waals surface area (Å²) in [6.45, 7) is 6.14. The van der Waals surface area contributed by atoms with Gasteiger partial charge in [-0.2, -0.15) is 0 Å². The molecule has 1 N–H and O–H groups in total. The van der Waals surface area contributed by atoms with Crippen molar-refractivity contribution in [1.29, 1.82) is 0 Å². The van der Waals surface area contributed by atoms with Gasteiger partial charge in [0.2, 0.25) is 5.91 Å². The van der Waals surface area contributed by atoms with Gasteiger partial charge >= 0.3 is 0 Å². The lowest BCUT2D eigenvalue weighted by Gasteiger charge is -2.35. The van der Waals surface area contributed by atoms with E-state index < -0.39 is 5.82 Å². The molecule has 3 heterocycles. The molecule has 0 saturated carbocycles. The van der Waals surface area contributed by atoms with Gasteiger partial charge in [-0.1, -0.05) is 17.7 Å². The average molecular weight is 455 g/mol. The first-order valence-corrected chi connectivity index (χ1v) is 10.8. The Hall–Kier alpha value is -3.26. The summed E-state index contributed by atoms with van der Waals surface area (Å²) in [5.41, 5.74) is 1.35. The highest BCUT2D eigenvalue weighted by Crippen LogP contribution is 2.23. The van der Waals surface area contributed by atoms with Gasteiger partial charge in [-0.15, -0.1) is 0 Å². The van der Waals surface area contributed by atoms with E-state index in [0.717, 1.165) is 17.2 Å². The van der Waals surface area contributed by atoms with Crippen LogP contribution in [0.5, 0.6) is 0 Å². The zero-order valence-electron chi connectivity index (χ0n) is 18.0. The summed E-state index contributed by atoms with van der Waals surface area (Å²) in [7, 11) is 0. The van der Waals surface area contributed by atoms with E-state index in [1.807, 2.05) is 32.0 Å². The lowest BCUT2D eigenvalue weighted by Crippen LogP contribution is -2.49. The number of amides is 1. The number of aryl methyl sites for hydroxylation is 2. The molecule has 1 aliphatic heterocycles. The highest BCUT2D eigenvalue weighted by Gasteiger charge is 2.24. The molecule has 166 valence electrons. The van der Waals surface area contributed by atoms with Crippen LogP contribution in [0.2, 0.25) is 5.02 Å². The summed E-state index contributed by atoms with van der Waals surface area (Å²) in [4.78, 5) is 29.9. The Morgan fingerprint density at radius 3 is 2.59 bits per heavy atom. The monoisotopic (exact) mass is 454 g/mol. The normalized spacial score (nSPS) is 13.9. The molecule has 0 bridgehead atoms. The molecule has 1 saturated heterocycles. The van der Waals surface area contributed by atoms with Crippen molar-refractivity contribution in [2.24, 2.45) is 0 Å². The topological polar surface area (TPSA) is 74.2 Å². The first-order chi connectivity index (χ1) is 15.4. The molecule has 1 amide bonds. The van der Waals surface area contributed by atoms with Gasteiger partial charge in [-0.25, -0.2) is 19.3 Å². The number of anilines is 3. The number of pyridine rings is 1. The van der Waals surface area contributed by atoms with Gasteiger partial charge < -0.3 is 15.1 Å². The first kappa shape index (κ1) is 22.0. The quantitative estimate of drug-likeness (QED) is 0.630. The number of hydrogen-bond acceptors (Lipinski definition) is 6. The summed E-state index contributed by atoms with van der Waals surface area (Å²) in [6, 6.07) is 10.2. The van der Waals surface area contributed by atoms with Crippen molar-refractivity contribution in [2.45, 2.75) is 20.3 Å². The third kappa shape index (κ3) is 5.13. The van der Waals surface area contributed by atoms with Gasteiger partial charge in [0.1, 0.15) is 29.1 Å². The summed E-state index contributed by atoms with van der Waals surface area (Å²) in [5.74, 6) is 2.23. The molecule has 2 aromatic heterocycles. The van der Waals surface area contributed by atoms with Crippen LogP contribution in [0.15, 0.2) is 42.6 Å². The van der Waals surface area contributed by atoms with Crippen LogP contribution in [0.25, 0.3) is 0 Å². The third-order valence-electron chi connectivity index (χ3n) is 5.34. The maximum absolute atomic E-state index is 14.0. The summed E-state index contributed by atoms with van der Waals surface area (Å²) >= 11 is 6.07. The predicted octanol–water partition coefficient (Wildman–Crippen LogP) is 3.92. The zero-order chi connectivity index (χ0) is 22.7. The number of nitrogens with zero attached hydrogens (tertiary/aromatic N) is 5. The van der Waals surface area contributed by atoms with Gasteiger partial charge in [0.05, 0.1) is 6.42 Å². The van der Waals surface area contributed by atoms with E-state index in [1.54, 1.807) is 17.2 Å². The lowest BCUT2D eigenvalue weighted by atomic mass is 10.1. The van der Waals surface area contributed by atoms with Crippen LogP contribution >= 0.6 is 11.6 Å². The fourth-order valence-electron chi connectivity index (χ4n) is 3.66. The van der Waals surface area contributed by atoms with Crippen LogP contribution in [-0.2, 0) is 11.2 Å². The van der Waals surface area contributed by atoms with Crippen molar-refractivity contribution in [3.8, 4) is 0 Å². The van der Waals surface area contributed by atoms with E-state index in [4.69, 9.17) is 11.6 Å². The second-order valence-electron chi connectivity index (χ2n) is 7.75. The number of rotatable bonds is 5. The molecule has 32 heavy (non-hydrogen) atoms. The Kier molecular flexibility index (Phi) is 6.50. The highest BCUT2D eigenvalue weighted by atomic mass is 35.5. The Morgan fingerprint density at radius 1 is 1.09 bits per heavy atom. The second kappa shape index (κ2) is 9.48. The fraction of sp³-hybridized carbons (Fsp3) is 0.304. The van der Waals surface area contributed by atoms with Crippen molar-refractivity contribution in [1.82, 2.24) is 19.9 Å². The number of hydrogen-bond donors (Lipinski definition) is 1. The Labute approximate surface area is 191 Å². The molecule has 9 heteroatoms. The SMILES string of the molecule is Cc1ccnc(Nc2cc(N3CCN(C(=O)Cc4c(F)cccc4Cl)CC3)nc(C)n2)c1. The van der Waals surface area contributed by atoms with Crippen molar-refractivity contribution in [2.75, 3.05) is 36.4 Å². The van der Waals surface area contributed by atoms with Crippen LogP contribution in [-0.4, -0.2) is 51.9 Å². The van der Waals surface area contributed by atoms with Gasteiger partial charge in [-0.05, 0) is 43.7 Å². The Bertz CT molecular complexity index is 1110. The van der Waals surface area contributed by atoms with Crippen LogP contribution in [0, 0.1) is 19.7 Å². The maximum Gasteiger partial charge on any atom is 0.227 e. The summed E-state index contributed by atoms with van der Waals surface area (Å²) in [5, 5.41) is 3.50. The molecule has 1 aromatic carbocycles. The minimum atomic E-state index is -0.455. The summed E-state index contributed by atoms with van der Waals surface area (Å²) in [6.07, 6.45) is 1.70. The van der Waals surface area contributed by atoms with Crippen molar-refractivity contribution in [3.05, 3.63) is 70.4 Å². The summed E-state index contributed by atoms with van der Waals surface area (Å²) < 4.78 is 14.0. The Balaban J connectivity index is 1.40. The predicted molar refractivity (Wildman–Crippen MR) is 123 cm³/mol. The van der Waals surface area contributed by atoms with E-state index >= 15 is 0 Å².